The largest absolute Gasteiger partial charge is 0.481 e. The standard InChI is InChI=1S/C18H19N5O2/c24-18(25)13-8-17(9-13)23-16(4-5-21-23)11-20-14-2-1-3-15(10-14)22-7-6-19-12-22/h1-7,10,12-13,17,20H,8-9,11H2,(H,24,25). The van der Waals surface area contributed by atoms with E-state index in [0.717, 1.165) is 17.1 Å². The molecule has 0 spiro atoms. The molecule has 25 heavy (non-hydrogen) atoms. The Balaban J connectivity index is 1.42. The van der Waals surface area contributed by atoms with E-state index in [1.807, 2.05) is 39.7 Å². The second kappa shape index (κ2) is 6.43. The highest BCUT2D eigenvalue weighted by atomic mass is 16.4. The van der Waals surface area contributed by atoms with Gasteiger partial charge < -0.3 is 15.0 Å². The number of carboxylic acid groups (broad SMARTS) is 1. The highest BCUT2D eigenvalue weighted by Crippen LogP contribution is 2.38. The summed E-state index contributed by atoms with van der Waals surface area (Å²) in [5.74, 6) is -0.943. The van der Waals surface area contributed by atoms with Crippen molar-refractivity contribution in [3.05, 3.63) is 60.9 Å². The molecule has 2 heterocycles. The zero-order valence-electron chi connectivity index (χ0n) is 13.6. The summed E-state index contributed by atoms with van der Waals surface area (Å²) >= 11 is 0. The van der Waals surface area contributed by atoms with E-state index in [1.165, 1.54) is 0 Å². The maximum Gasteiger partial charge on any atom is 0.306 e. The molecule has 0 bridgehead atoms. The van der Waals surface area contributed by atoms with Gasteiger partial charge in [-0.2, -0.15) is 5.10 Å². The first kappa shape index (κ1) is 15.4. The number of hydrogen-bond donors (Lipinski definition) is 2. The maximum absolute atomic E-state index is 11.0. The van der Waals surface area contributed by atoms with Crippen molar-refractivity contribution < 1.29 is 9.90 Å². The summed E-state index contributed by atoms with van der Waals surface area (Å²) in [5, 5.41) is 16.8. The molecule has 3 aromatic rings. The number of aromatic nitrogens is 4. The first-order valence-corrected chi connectivity index (χ1v) is 8.28. The Bertz CT molecular complexity index is 865. The van der Waals surface area contributed by atoms with Gasteiger partial charge in [-0.15, -0.1) is 0 Å². The fourth-order valence-corrected chi connectivity index (χ4v) is 3.18. The third-order valence-corrected chi connectivity index (χ3v) is 4.68. The minimum absolute atomic E-state index is 0.185. The molecule has 0 radical (unpaired) electrons. The molecule has 1 fully saturated rings. The van der Waals surface area contributed by atoms with Crippen LogP contribution >= 0.6 is 0 Å². The first-order valence-electron chi connectivity index (χ1n) is 8.28. The topological polar surface area (TPSA) is 85.0 Å². The summed E-state index contributed by atoms with van der Waals surface area (Å²) in [4.78, 5) is 15.0. The number of hydrogen-bond acceptors (Lipinski definition) is 4. The molecule has 0 atom stereocenters. The van der Waals surface area contributed by atoms with Crippen LogP contribution in [0, 0.1) is 5.92 Å². The number of carbonyl (C=O) groups is 1. The molecule has 4 rings (SSSR count). The quantitative estimate of drug-likeness (QED) is 0.722. The molecule has 1 aliphatic carbocycles. The Kier molecular flexibility index (Phi) is 3.97. The molecule has 0 saturated heterocycles. The van der Waals surface area contributed by atoms with Gasteiger partial charge >= 0.3 is 5.97 Å². The molecule has 2 aromatic heterocycles. The van der Waals surface area contributed by atoms with E-state index >= 15 is 0 Å². The average Bonchev–Trinajstić information content (AvgIpc) is 3.24. The van der Waals surface area contributed by atoms with Crippen molar-refractivity contribution in [1.82, 2.24) is 19.3 Å². The predicted molar refractivity (Wildman–Crippen MR) is 92.5 cm³/mol. The van der Waals surface area contributed by atoms with Crippen molar-refractivity contribution in [1.29, 1.82) is 0 Å². The fourth-order valence-electron chi connectivity index (χ4n) is 3.18. The van der Waals surface area contributed by atoms with Gasteiger partial charge in [0.05, 0.1) is 30.5 Å². The van der Waals surface area contributed by atoms with E-state index in [4.69, 9.17) is 5.11 Å². The lowest BCUT2D eigenvalue weighted by atomic mass is 9.80. The number of aliphatic carboxylic acids is 1. The van der Waals surface area contributed by atoms with E-state index in [9.17, 15) is 4.79 Å². The second-order valence-corrected chi connectivity index (χ2v) is 6.30. The molecule has 0 unspecified atom stereocenters. The number of carboxylic acids is 1. The van der Waals surface area contributed by atoms with Crippen LogP contribution in [0.1, 0.15) is 24.6 Å². The van der Waals surface area contributed by atoms with Crippen molar-refractivity contribution in [2.45, 2.75) is 25.4 Å². The van der Waals surface area contributed by atoms with Crippen molar-refractivity contribution in [3.8, 4) is 5.69 Å². The van der Waals surface area contributed by atoms with Gasteiger partial charge in [-0.3, -0.25) is 9.48 Å². The first-order chi connectivity index (χ1) is 12.2. The van der Waals surface area contributed by atoms with Gasteiger partial charge in [0, 0.05) is 30.0 Å². The number of imidazole rings is 1. The van der Waals surface area contributed by atoms with E-state index in [1.54, 1.807) is 18.7 Å². The molecule has 7 nitrogen and oxygen atoms in total. The zero-order valence-corrected chi connectivity index (χ0v) is 13.6. The third-order valence-electron chi connectivity index (χ3n) is 4.68. The second-order valence-electron chi connectivity index (χ2n) is 6.30. The third kappa shape index (κ3) is 3.13. The van der Waals surface area contributed by atoms with E-state index < -0.39 is 5.97 Å². The predicted octanol–water partition coefficient (Wildman–Crippen LogP) is 2.72. The summed E-state index contributed by atoms with van der Waals surface area (Å²) in [6, 6.07) is 10.3. The number of nitrogens with zero attached hydrogens (tertiary/aromatic N) is 4. The van der Waals surface area contributed by atoms with Crippen LogP contribution in [0.4, 0.5) is 5.69 Å². The van der Waals surface area contributed by atoms with E-state index in [-0.39, 0.29) is 12.0 Å². The van der Waals surface area contributed by atoms with Crippen LogP contribution in [0.2, 0.25) is 0 Å². The Morgan fingerprint density at radius 1 is 1.28 bits per heavy atom. The summed E-state index contributed by atoms with van der Waals surface area (Å²) in [7, 11) is 0. The number of nitrogens with one attached hydrogen (secondary N) is 1. The Hall–Kier alpha value is -3.09. The lowest BCUT2D eigenvalue weighted by molar-refractivity contribution is -0.146. The normalized spacial score (nSPS) is 19.4. The highest BCUT2D eigenvalue weighted by Gasteiger charge is 2.36. The van der Waals surface area contributed by atoms with Crippen LogP contribution in [0.5, 0.6) is 0 Å². The summed E-state index contributed by atoms with van der Waals surface area (Å²) in [5.41, 5.74) is 3.11. The summed E-state index contributed by atoms with van der Waals surface area (Å²) in [6.07, 6.45) is 8.50. The lowest BCUT2D eigenvalue weighted by Gasteiger charge is -2.33. The highest BCUT2D eigenvalue weighted by molar-refractivity contribution is 5.71. The van der Waals surface area contributed by atoms with Gasteiger partial charge in [-0.1, -0.05) is 6.07 Å². The SMILES string of the molecule is O=C(O)C1CC(n2nccc2CNc2cccc(-n3ccnc3)c2)C1. The monoisotopic (exact) mass is 337 g/mol. The van der Waals surface area contributed by atoms with Crippen LogP contribution in [0.15, 0.2) is 55.2 Å². The van der Waals surface area contributed by atoms with Gasteiger partial charge in [0.15, 0.2) is 0 Å². The van der Waals surface area contributed by atoms with Gasteiger partial charge in [0.25, 0.3) is 0 Å². The molecule has 1 aliphatic rings. The fraction of sp³-hybridized carbons (Fsp3) is 0.278. The Labute approximate surface area is 144 Å². The minimum Gasteiger partial charge on any atom is -0.481 e. The summed E-state index contributed by atoms with van der Waals surface area (Å²) in [6.45, 7) is 0.640. The molecule has 1 saturated carbocycles. The number of anilines is 1. The van der Waals surface area contributed by atoms with Crippen molar-refractivity contribution >= 4 is 11.7 Å². The van der Waals surface area contributed by atoms with Crippen LogP contribution in [-0.4, -0.2) is 30.4 Å². The Morgan fingerprint density at radius 3 is 2.92 bits per heavy atom. The number of rotatable bonds is 6. The smallest absolute Gasteiger partial charge is 0.306 e. The maximum atomic E-state index is 11.0. The van der Waals surface area contributed by atoms with E-state index in [0.29, 0.717) is 19.4 Å². The van der Waals surface area contributed by atoms with Crippen LogP contribution in [0.25, 0.3) is 5.69 Å². The molecular weight excluding hydrogens is 318 g/mol. The van der Waals surface area contributed by atoms with Gasteiger partial charge in [0.2, 0.25) is 0 Å². The molecule has 7 heteroatoms. The molecule has 0 aliphatic heterocycles. The van der Waals surface area contributed by atoms with Gasteiger partial charge in [0.1, 0.15) is 0 Å². The minimum atomic E-state index is -0.709. The van der Waals surface area contributed by atoms with Crippen molar-refractivity contribution in [2.24, 2.45) is 5.92 Å². The van der Waals surface area contributed by atoms with Crippen molar-refractivity contribution in [2.75, 3.05) is 5.32 Å². The lowest BCUT2D eigenvalue weighted by Crippen LogP contribution is -2.33. The van der Waals surface area contributed by atoms with Gasteiger partial charge in [-0.05, 0) is 37.1 Å². The molecular formula is C18H19N5O2. The number of benzene rings is 1. The Morgan fingerprint density at radius 2 is 2.16 bits per heavy atom. The molecule has 2 N–H and O–H groups in total. The van der Waals surface area contributed by atoms with E-state index in [2.05, 4.69) is 21.5 Å². The summed E-state index contributed by atoms with van der Waals surface area (Å²) < 4.78 is 3.90. The van der Waals surface area contributed by atoms with Crippen LogP contribution < -0.4 is 5.32 Å². The molecule has 128 valence electrons. The van der Waals surface area contributed by atoms with Crippen molar-refractivity contribution in [3.63, 3.8) is 0 Å². The zero-order chi connectivity index (χ0) is 17.2. The van der Waals surface area contributed by atoms with Crippen LogP contribution in [-0.2, 0) is 11.3 Å². The molecule has 0 amide bonds. The molecule has 1 aromatic carbocycles. The average molecular weight is 337 g/mol. The van der Waals surface area contributed by atoms with Gasteiger partial charge in [-0.25, -0.2) is 4.98 Å². The van der Waals surface area contributed by atoms with Crippen LogP contribution in [0.3, 0.4) is 0 Å².